The SMILES string of the molecule is COCCOCCOCCN(C)Cc1ccccc1N. The molecule has 0 amide bonds. The Balaban J connectivity index is 2.03. The van der Waals surface area contributed by atoms with E-state index >= 15 is 0 Å². The molecule has 0 bridgehead atoms. The van der Waals surface area contributed by atoms with Gasteiger partial charge in [-0.25, -0.2) is 0 Å². The van der Waals surface area contributed by atoms with E-state index in [9.17, 15) is 0 Å². The zero-order valence-electron chi connectivity index (χ0n) is 12.5. The molecule has 1 aromatic rings. The van der Waals surface area contributed by atoms with Gasteiger partial charge in [0.05, 0.1) is 33.0 Å². The summed E-state index contributed by atoms with van der Waals surface area (Å²) in [4.78, 5) is 2.19. The number of likely N-dealkylation sites (N-methyl/N-ethyl adjacent to an activating group) is 1. The second-order valence-corrected chi connectivity index (χ2v) is 4.65. The van der Waals surface area contributed by atoms with Gasteiger partial charge < -0.3 is 19.9 Å². The van der Waals surface area contributed by atoms with Crippen LogP contribution in [-0.4, -0.2) is 58.6 Å². The lowest BCUT2D eigenvalue weighted by Gasteiger charge is -2.17. The Bertz CT molecular complexity index is 361. The average molecular weight is 282 g/mol. The van der Waals surface area contributed by atoms with E-state index in [4.69, 9.17) is 19.9 Å². The highest BCUT2D eigenvalue weighted by Crippen LogP contribution is 2.12. The van der Waals surface area contributed by atoms with Gasteiger partial charge in [-0.15, -0.1) is 0 Å². The van der Waals surface area contributed by atoms with E-state index < -0.39 is 0 Å². The van der Waals surface area contributed by atoms with Gasteiger partial charge in [0.1, 0.15) is 0 Å². The molecular weight excluding hydrogens is 256 g/mol. The van der Waals surface area contributed by atoms with E-state index in [-0.39, 0.29) is 0 Å². The molecule has 0 aliphatic rings. The fourth-order valence-corrected chi connectivity index (χ4v) is 1.73. The molecular formula is C15H26N2O3. The molecule has 5 heteroatoms. The predicted octanol–water partition coefficient (Wildman–Crippen LogP) is 1.38. The fraction of sp³-hybridized carbons (Fsp3) is 0.600. The maximum absolute atomic E-state index is 5.92. The summed E-state index contributed by atoms with van der Waals surface area (Å²) in [7, 11) is 3.72. The van der Waals surface area contributed by atoms with E-state index in [2.05, 4.69) is 18.0 Å². The topological polar surface area (TPSA) is 57.0 Å². The molecule has 0 heterocycles. The molecule has 1 aromatic carbocycles. The number of ether oxygens (including phenoxy) is 3. The average Bonchev–Trinajstić information content (AvgIpc) is 2.44. The first-order valence-corrected chi connectivity index (χ1v) is 6.90. The number of hydrogen-bond acceptors (Lipinski definition) is 5. The normalized spacial score (nSPS) is 11.2. The summed E-state index contributed by atoms with van der Waals surface area (Å²) < 4.78 is 15.7. The largest absolute Gasteiger partial charge is 0.398 e. The van der Waals surface area contributed by atoms with Gasteiger partial charge in [0.25, 0.3) is 0 Å². The highest BCUT2D eigenvalue weighted by molar-refractivity contribution is 5.46. The van der Waals surface area contributed by atoms with Crippen molar-refractivity contribution in [3.63, 3.8) is 0 Å². The van der Waals surface area contributed by atoms with Crippen LogP contribution in [-0.2, 0) is 20.8 Å². The Morgan fingerprint density at radius 1 is 1.00 bits per heavy atom. The highest BCUT2D eigenvalue weighted by atomic mass is 16.5. The minimum absolute atomic E-state index is 0.610. The number of benzene rings is 1. The molecule has 0 atom stereocenters. The van der Waals surface area contributed by atoms with E-state index in [0.717, 1.165) is 24.3 Å². The smallest absolute Gasteiger partial charge is 0.0701 e. The molecule has 0 radical (unpaired) electrons. The van der Waals surface area contributed by atoms with Crippen LogP contribution in [0.1, 0.15) is 5.56 Å². The van der Waals surface area contributed by atoms with Crippen molar-refractivity contribution in [1.82, 2.24) is 4.90 Å². The van der Waals surface area contributed by atoms with Crippen LogP contribution in [0.3, 0.4) is 0 Å². The van der Waals surface area contributed by atoms with Crippen LogP contribution < -0.4 is 5.73 Å². The Labute approximate surface area is 121 Å². The van der Waals surface area contributed by atoms with E-state index in [1.807, 2.05) is 18.2 Å². The lowest BCUT2D eigenvalue weighted by Crippen LogP contribution is -2.24. The number of anilines is 1. The zero-order valence-corrected chi connectivity index (χ0v) is 12.5. The first-order chi connectivity index (χ1) is 9.74. The van der Waals surface area contributed by atoms with Crippen molar-refractivity contribution in [2.75, 3.05) is 59.5 Å². The van der Waals surface area contributed by atoms with Gasteiger partial charge in [0.15, 0.2) is 0 Å². The third-order valence-corrected chi connectivity index (χ3v) is 2.92. The molecule has 114 valence electrons. The molecule has 0 spiro atoms. The first-order valence-electron chi connectivity index (χ1n) is 6.90. The molecule has 1 rings (SSSR count). The van der Waals surface area contributed by atoms with E-state index in [0.29, 0.717) is 33.0 Å². The molecule has 0 fully saturated rings. The van der Waals surface area contributed by atoms with Gasteiger partial charge in [-0.1, -0.05) is 18.2 Å². The van der Waals surface area contributed by atoms with Crippen LogP contribution in [0.4, 0.5) is 5.69 Å². The maximum atomic E-state index is 5.92. The van der Waals surface area contributed by atoms with Crippen LogP contribution in [0.15, 0.2) is 24.3 Å². The van der Waals surface area contributed by atoms with E-state index in [1.54, 1.807) is 7.11 Å². The number of para-hydroxylation sites is 1. The van der Waals surface area contributed by atoms with Gasteiger partial charge in [0, 0.05) is 25.9 Å². The van der Waals surface area contributed by atoms with Crippen molar-refractivity contribution in [1.29, 1.82) is 0 Å². The quantitative estimate of drug-likeness (QED) is 0.491. The molecule has 0 unspecified atom stereocenters. The first kappa shape index (κ1) is 16.9. The summed E-state index contributed by atoms with van der Waals surface area (Å²) in [5.41, 5.74) is 7.91. The Morgan fingerprint density at radius 2 is 1.65 bits per heavy atom. The number of nitrogens with zero attached hydrogens (tertiary/aromatic N) is 1. The minimum atomic E-state index is 0.610. The number of nitrogens with two attached hydrogens (primary N) is 1. The Hall–Kier alpha value is -1.14. The Morgan fingerprint density at radius 3 is 2.35 bits per heavy atom. The second kappa shape index (κ2) is 10.6. The summed E-state index contributed by atoms with van der Waals surface area (Å²) in [6.45, 7) is 4.86. The van der Waals surface area contributed by atoms with Crippen LogP contribution in [0.25, 0.3) is 0 Å². The maximum Gasteiger partial charge on any atom is 0.0701 e. The number of methoxy groups -OCH3 is 1. The third kappa shape index (κ3) is 7.45. The molecule has 0 aromatic heterocycles. The highest BCUT2D eigenvalue weighted by Gasteiger charge is 2.03. The number of rotatable bonds is 11. The summed E-state index contributed by atoms with van der Waals surface area (Å²) in [5, 5.41) is 0. The number of hydrogen-bond donors (Lipinski definition) is 1. The standard InChI is InChI=1S/C15H26N2O3/c1-17(13-14-5-3-4-6-15(14)16)7-8-19-11-12-20-10-9-18-2/h3-6H,7-13,16H2,1-2H3. The van der Waals surface area contributed by atoms with Gasteiger partial charge >= 0.3 is 0 Å². The van der Waals surface area contributed by atoms with Crippen LogP contribution in [0.2, 0.25) is 0 Å². The molecule has 0 saturated heterocycles. The van der Waals surface area contributed by atoms with Crippen molar-refractivity contribution in [2.24, 2.45) is 0 Å². The summed E-state index contributed by atoms with van der Waals surface area (Å²) >= 11 is 0. The van der Waals surface area contributed by atoms with Gasteiger partial charge in [-0.3, -0.25) is 4.90 Å². The van der Waals surface area contributed by atoms with Crippen LogP contribution in [0, 0.1) is 0 Å². The summed E-state index contributed by atoms with van der Waals surface area (Å²) in [6.07, 6.45) is 0. The van der Waals surface area contributed by atoms with Crippen LogP contribution >= 0.6 is 0 Å². The van der Waals surface area contributed by atoms with Crippen molar-refractivity contribution in [3.05, 3.63) is 29.8 Å². The fourth-order valence-electron chi connectivity index (χ4n) is 1.73. The predicted molar refractivity (Wildman–Crippen MR) is 80.7 cm³/mol. The minimum Gasteiger partial charge on any atom is -0.398 e. The summed E-state index contributed by atoms with van der Waals surface area (Å²) in [5.74, 6) is 0. The lowest BCUT2D eigenvalue weighted by atomic mass is 10.2. The summed E-state index contributed by atoms with van der Waals surface area (Å²) in [6, 6.07) is 7.94. The van der Waals surface area contributed by atoms with Crippen molar-refractivity contribution in [3.8, 4) is 0 Å². The van der Waals surface area contributed by atoms with Crippen LogP contribution in [0.5, 0.6) is 0 Å². The lowest BCUT2D eigenvalue weighted by molar-refractivity contribution is 0.0205. The molecule has 0 saturated carbocycles. The molecule has 0 aliphatic heterocycles. The van der Waals surface area contributed by atoms with Gasteiger partial charge in [-0.05, 0) is 18.7 Å². The van der Waals surface area contributed by atoms with E-state index in [1.165, 1.54) is 0 Å². The second-order valence-electron chi connectivity index (χ2n) is 4.65. The monoisotopic (exact) mass is 282 g/mol. The molecule has 2 N–H and O–H groups in total. The zero-order chi connectivity index (χ0) is 14.6. The number of nitrogen functional groups attached to an aromatic ring is 1. The van der Waals surface area contributed by atoms with Gasteiger partial charge in [-0.2, -0.15) is 0 Å². The Kier molecular flexibility index (Phi) is 8.98. The molecule has 0 aliphatic carbocycles. The van der Waals surface area contributed by atoms with Crippen molar-refractivity contribution < 1.29 is 14.2 Å². The van der Waals surface area contributed by atoms with Gasteiger partial charge in [0.2, 0.25) is 0 Å². The van der Waals surface area contributed by atoms with Crippen molar-refractivity contribution >= 4 is 5.69 Å². The molecule has 5 nitrogen and oxygen atoms in total. The third-order valence-electron chi connectivity index (χ3n) is 2.92. The van der Waals surface area contributed by atoms with Crippen molar-refractivity contribution in [2.45, 2.75) is 6.54 Å². The molecule has 20 heavy (non-hydrogen) atoms.